The molecule has 0 aliphatic heterocycles. The molecule has 0 aliphatic carbocycles. The van der Waals surface area contributed by atoms with E-state index < -0.39 is 0 Å². The Balaban J connectivity index is 1.05. The van der Waals surface area contributed by atoms with Crippen LogP contribution in [0.5, 0.6) is 0 Å². The lowest BCUT2D eigenvalue weighted by Gasteiger charge is -2.13. The van der Waals surface area contributed by atoms with Crippen molar-refractivity contribution in [3.8, 4) is 33.9 Å². The van der Waals surface area contributed by atoms with E-state index >= 15 is 0 Å². The van der Waals surface area contributed by atoms with E-state index in [9.17, 15) is 0 Å². The van der Waals surface area contributed by atoms with E-state index in [1.54, 1.807) is 0 Å². The fourth-order valence-corrected chi connectivity index (χ4v) is 9.17. The normalized spacial score (nSPS) is 11.9. The maximum absolute atomic E-state index is 2.46. The second-order valence-electron chi connectivity index (χ2n) is 14.6. The third-order valence-corrected chi connectivity index (χ3v) is 11.6. The van der Waals surface area contributed by atoms with Crippen LogP contribution >= 0.6 is 0 Å². The van der Waals surface area contributed by atoms with Crippen LogP contribution in [-0.4, -0.2) is 18.3 Å². The Bertz CT molecular complexity index is 3230. The Kier molecular flexibility index (Phi) is 6.60. The van der Waals surface area contributed by atoms with Gasteiger partial charge in [0.15, 0.2) is 0 Å². The summed E-state index contributed by atoms with van der Waals surface area (Å²) in [7, 11) is 0. The summed E-state index contributed by atoms with van der Waals surface area (Å²) in [6.45, 7) is 0. The van der Waals surface area contributed by atoms with Gasteiger partial charge in [-0.3, -0.25) is 0 Å². The SMILES string of the molecule is c1ccc(-n2ccc3c2ccc2c4ccccc4n(-c4cccc(-c5cccc(-n6c7ccccc7c7ccc8c(ccn8-c8ccccc8)c76)c5)c4)c23)cc1. The first kappa shape index (κ1) is 30.9. The van der Waals surface area contributed by atoms with Crippen molar-refractivity contribution in [2.45, 2.75) is 0 Å². The van der Waals surface area contributed by atoms with Crippen molar-refractivity contribution < 1.29 is 0 Å². The summed E-state index contributed by atoms with van der Waals surface area (Å²) in [6, 6.07) is 70.5. The molecule has 0 bridgehead atoms. The number of benzene rings is 8. The minimum Gasteiger partial charge on any atom is -0.316 e. The zero-order valence-electron chi connectivity index (χ0n) is 30.4. The molecular weight excluding hydrogens is 681 g/mol. The molecule has 12 rings (SSSR count). The van der Waals surface area contributed by atoms with E-state index in [1.807, 2.05) is 0 Å². The highest BCUT2D eigenvalue weighted by atomic mass is 15.0. The molecular formula is C52H34N4. The summed E-state index contributed by atoms with van der Waals surface area (Å²) in [5, 5.41) is 7.48. The topological polar surface area (TPSA) is 19.7 Å². The van der Waals surface area contributed by atoms with E-state index in [0.29, 0.717) is 0 Å². The number of para-hydroxylation sites is 4. The molecule has 4 heterocycles. The van der Waals surface area contributed by atoms with E-state index in [-0.39, 0.29) is 0 Å². The molecule has 0 N–H and O–H groups in total. The molecule has 0 saturated heterocycles. The first-order valence-corrected chi connectivity index (χ1v) is 19.2. The molecule has 4 heteroatoms. The van der Waals surface area contributed by atoms with Gasteiger partial charge in [-0.25, -0.2) is 0 Å². The van der Waals surface area contributed by atoms with Gasteiger partial charge in [-0.1, -0.05) is 109 Å². The standard InChI is InChI=1S/C52H34N4/c1-3-15-37(16-4-1)53-31-29-45-47(53)27-25-43-41-21-7-9-23-49(41)55(51(43)45)39-19-11-13-35(33-39)36-14-12-20-40(34-36)56-50-24-10-8-22-42(50)44-26-28-48-46(52(44)56)30-32-54(48)38-17-5-2-6-18-38/h1-34H. The van der Waals surface area contributed by atoms with Gasteiger partial charge < -0.3 is 18.3 Å². The van der Waals surface area contributed by atoms with Gasteiger partial charge in [-0.05, 0) is 96.1 Å². The van der Waals surface area contributed by atoms with Crippen LogP contribution in [-0.2, 0) is 0 Å². The maximum atomic E-state index is 2.46. The van der Waals surface area contributed by atoms with Gasteiger partial charge in [-0.2, -0.15) is 0 Å². The quantitative estimate of drug-likeness (QED) is 0.169. The van der Waals surface area contributed by atoms with Crippen LogP contribution in [0.25, 0.3) is 99.3 Å². The Hall–Kier alpha value is -7.56. The second kappa shape index (κ2) is 12.0. The van der Waals surface area contributed by atoms with Gasteiger partial charge in [0.05, 0.1) is 33.1 Å². The predicted molar refractivity (Wildman–Crippen MR) is 234 cm³/mol. The smallest absolute Gasteiger partial charge is 0.0635 e. The first-order chi connectivity index (χ1) is 27.8. The number of aromatic nitrogens is 4. The molecule has 56 heavy (non-hydrogen) atoms. The van der Waals surface area contributed by atoms with E-state index in [2.05, 4.69) is 225 Å². The lowest BCUT2D eigenvalue weighted by atomic mass is 10.0. The van der Waals surface area contributed by atoms with Crippen molar-refractivity contribution in [2.75, 3.05) is 0 Å². The Morgan fingerprint density at radius 1 is 0.250 bits per heavy atom. The van der Waals surface area contributed by atoms with Gasteiger partial charge in [0.2, 0.25) is 0 Å². The molecule has 0 saturated carbocycles. The fourth-order valence-electron chi connectivity index (χ4n) is 9.17. The summed E-state index contributed by atoms with van der Waals surface area (Å²) in [4.78, 5) is 0. The Morgan fingerprint density at radius 3 is 1.12 bits per heavy atom. The molecule has 0 unspecified atom stereocenters. The third kappa shape index (κ3) is 4.47. The molecule has 262 valence electrons. The van der Waals surface area contributed by atoms with E-state index in [1.165, 1.54) is 76.5 Å². The van der Waals surface area contributed by atoms with Gasteiger partial charge in [0, 0.05) is 67.5 Å². The molecule has 0 aliphatic rings. The highest BCUT2D eigenvalue weighted by Gasteiger charge is 2.19. The molecule has 0 radical (unpaired) electrons. The highest BCUT2D eigenvalue weighted by molar-refractivity contribution is 6.19. The zero-order chi connectivity index (χ0) is 36.7. The minimum atomic E-state index is 1.14. The van der Waals surface area contributed by atoms with Crippen LogP contribution in [0.15, 0.2) is 207 Å². The fraction of sp³-hybridized carbons (Fsp3) is 0. The van der Waals surface area contributed by atoms with Crippen molar-refractivity contribution in [2.24, 2.45) is 0 Å². The summed E-state index contributed by atoms with van der Waals surface area (Å²) >= 11 is 0. The monoisotopic (exact) mass is 714 g/mol. The second-order valence-corrected chi connectivity index (χ2v) is 14.6. The summed E-state index contributed by atoms with van der Waals surface area (Å²) in [5.41, 5.74) is 14.2. The largest absolute Gasteiger partial charge is 0.316 e. The molecule has 0 spiro atoms. The zero-order valence-corrected chi connectivity index (χ0v) is 30.4. The van der Waals surface area contributed by atoms with Crippen molar-refractivity contribution in [3.63, 3.8) is 0 Å². The first-order valence-electron chi connectivity index (χ1n) is 19.2. The summed E-state index contributed by atoms with van der Waals surface area (Å²) in [6.07, 6.45) is 4.39. The van der Waals surface area contributed by atoms with Gasteiger partial charge in [0.25, 0.3) is 0 Å². The number of rotatable bonds is 5. The number of hydrogen-bond acceptors (Lipinski definition) is 0. The van der Waals surface area contributed by atoms with Crippen LogP contribution in [0, 0.1) is 0 Å². The van der Waals surface area contributed by atoms with E-state index in [4.69, 9.17) is 0 Å². The average molecular weight is 715 g/mol. The molecule has 0 fully saturated rings. The lowest BCUT2D eigenvalue weighted by Crippen LogP contribution is -1.97. The lowest BCUT2D eigenvalue weighted by molar-refractivity contribution is 1.13. The van der Waals surface area contributed by atoms with Crippen LogP contribution in [0.3, 0.4) is 0 Å². The third-order valence-electron chi connectivity index (χ3n) is 11.6. The molecule has 0 atom stereocenters. The molecule has 8 aromatic carbocycles. The molecule has 12 aromatic rings. The van der Waals surface area contributed by atoms with Crippen molar-refractivity contribution in [1.82, 2.24) is 18.3 Å². The Labute approximate surface area is 322 Å². The highest BCUT2D eigenvalue weighted by Crippen LogP contribution is 2.40. The van der Waals surface area contributed by atoms with Crippen molar-refractivity contribution >= 4 is 65.4 Å². The number of fused-ring (bicyclic) bond motifs is 10. The minimum absolute atomic E-state index is 1.14. The molecule has 4 aromatic heterocycles. The predicted octanol–water partition coefficient (Wildman–Crippen LogP) is 13.4. The average Bonchev–Trinajstić information content (AvgIpc) is 4.05. The summed E-state index contributed by atoms with van der Waals surface area (Å²) < 4.78 is 9.49. The van der Waals surface area contributed by atoms with Crippen LogP contribution in [0.2, 0.25) is 0 Å². The van der Waals surface area contributed by atoms with Crippen LogP contribution in [0.1, 0.15) is 0 Å². The van der Waals surface area contributed by atoms with Crippen LogP contribution in [0.4, 0.5) is 0 Å². The van der Waals surface area contributed by atoms with E-state index in [0.717, 1.165) is 22.7 Å². The number of nitrogens with zero attached hydrogens (tertiary/aromatic N) is 4. The van der Waals surface area contributed by atoms with Crippen molar-refractivity contribution in [3.05, 3.63) is 207 Å². The van der Waals surface area contributed by atoms with Crippen molar-refractivity contribution in [1.29, 1.82) is 0 Å². The maximum Gasteiger partial charge on any atom is 0.0635 e. The van der Waals surface area contributed by atoms with Gasteiger partial charge >= 0.3 is 0 Å². The van der Waals surface area contributed by atoms with Crippen LogP contribution < -0.4 is 0 Å². The molecule has 0 amide bonds. The van der Waals surface area contributed by atoms with Gasteiger partial charge in [0.1, 0.15) is 0 Å². The van der Waals surface area contributed by atoms with Gasteiger partial charge in [-0.15, -0.1) is 0 Å². The molecule has 4 nitrogen and oxygen atoms in total. The number of hydrogen-bond donors (Lipinski definition) is 0. The summed E-state index contributed by atoms with van der Waals surface area (Å²) in [5.74, 6) is 0. The Morgan fingerprint density at radius 2 is 0.661 bits per heavy atom.